The second kappa shape index (κ2) is 2.87. The van der Waals surface area contributed by atoms with Gasteiger partial charge in [0.05, 0.1) is 11.5 Å². The number of ether oxygens (including phenoxy) is 2. The van der Waals surface area contributed by atoms with Crippen molar-refractivity contribution in [2.45, 2.75) is 51.4 Å². The molecule has 0 radical (unpaired) electrons. The highest BCUT2D eigenvalue weighted by molar-refractivity contribution is 6.01. The first kappa shape index (κ1) is 10.7. The lowest BCUT2D eigenvalue weighted by Crippen LogP contribution is -2.60. The van der Waals surface area contributed by atoms with Crippen molar-refractivity contribution in [2.24, 2.45) is 10.8 Å². The quantitative estimate of drug-likeness (QED) is 0.480. The van der Waals surface area contributed by atoms with Crippen LogP contribution in [0.3, 0.4) is 0 Å². The maximum atomic E-state index is 12.5. The molecule has 0 aromatic rings. The Morgan fingerprint density at radius 3 is 2.94 bits per heavy atom. The van der Waals surface area contributed by atoms with Gasteiger partial charge in [-0.3, -0.25) is 9.59 Å². The molecule has 1 spiro atoms. The van der Waals surface area contributed by atoms with Crippen LogP contribution in [0.2, 0.25) is 0 Å². The lowest BCUT2D eigenvalue weighted by Gasteiger charge is -2.48. The van der Waals surface area contributed by atoms with E-state index in [-0.39, 0.29) is 30.1 Å². The van der Waals surface area contributed by atoms with Crippen molar-refractivity contribution in [2.75, 3.05) is 0 Å². The molecule has 4 rings (SSSR count). The Labute approximate surface area is 105 Å². The zero-order valence-electron chi connectivity index (χ0n) is 10.6. The molecule has 2 aliphatic heterocycles. The van der Waals surface area contributed by atoms with Crippen molar-refractivity contribution in [3.63, 3.8) is 0 Å². The number of carbonyl (C=O) groups excluding carboxylic acids is 2. The van der Waals surface area contributed by atoms with E-state index in [4.69, 9.17) is 9.47 Å². The molecule has 1 saturated carbocycles. The third kappa shape index (κ3) is 0.850. The highest BCUT2D eigenvalue weighted by atomic mass is 16.6. The fraction of sp³-hybridized carbons (Fsp3) is 0.714. The van der Waals surface area contributed by atoms with Gasteiger partial charge in [-0.2, -0.15) is 0 Å². The molecule has 4 aliphatic rings. The molecule has 2 heterocycles. The van der Waals surface area contributed by atoms with Crippen LogP contribution in [0.25, 0.3) is 0 Å². The average Bonchev–Trinajstić information content (AvgIpc) is 2.62. The molecule has 0 N–H and O–H groups in total. The summed E-state index contributed by atoms with van der Waals surface area (Å²) >= 11 is 0. The number of fused-ring (bicyclic) bond motifs is 1. The van der Waals surface area contributed by atoms with Gasteiger partial charge in [-0.1, -0.05) is 11.6 Å². The topological polar surface area (TPSA) is 52.6 Å². The maximum absolute atomic E-state index is 12.5. The summed E-state index contributed by atoms with van der Waals surface area (Å²) in [6.07, 6.45) is 3.13. The molecule has 3 fully saturated rings. The standard InChI is InChI=1S/C14H16O4/c1-7-3-4-14-10(5-7)17-8-6-9(18-12(14)16)13(14,2)11(8)15/h5,8-10H,3-4,6H2,1-2H3/t8-,9+,10-,13+,14+/m1/s1. The summed E-state index contributed by atoms with van der Waals surface area (Å²) in [6, 6.07) is 0. The van der Waals surface area contributed by atoms with Gasteiger partial charge in [0, 0.05) is 6.42 Å². The van der Waals surface area contributed by atoms with Crippen LogP contribution < -0.4 is 0 Å². The predicted octanol–water partition coefficient (Wildman–Crippen LogP) is 1.38. The van der Waals surface area contributed by atoms with Gasteiger partial charge in [-0.25, -0.2) is 0 Å². The lowest BCUT2D eigenvalue weighted by molar-refractivity contribution is -0.182. The minimum atomic E-state index is -0.763. The molecular formula is C14H16O4. The number of esters is 1. The van der Waals surface area contributed by atoms with Crippen molar-refractivity contribution in [3.05, 3.63) is 11.6 Å². The molecule has 4 heteroatoms. The van der Waals surface area contributed by atoms with E-state index in [1.807, 2.05) is 13.0 Å². The number of ketones is 1. The van der Waals surface area contributed by atoms with Crippen molar-refractivity contribution >= 4 is 11.8 Å². The average molecular weight is 248 g/mol. The van der Waals surface area contributed by atoms with Gasteiger partial charge in [0.15, 0.2) is 5.78 Å². The summed E-state index contributed by atoms with van der Waals surface area (Å²) in [5, 5.41) is 0. The molecule has 4 nitrogen and oxygen atoms in total. The molecular weight excluding hydrogens is 232 g/mol. The Morgan fingerprint density at radius 1 is 1.39 bits per heavy atom. The van der Waals surface area contributed by atoms with Gasteiger partial charge >= 0.3 is 5.97 Å². The summed E-state index contributed by atoms with van der Waals surface area (Å²) in [5.41, 5.74) is -0.199. The molecule has 2 saturated heterocycles. The number of carbonyl (C=O) groups is 2. The Balaban J connectivity index is 1.97. The van der Waals surface area contributed by atoms with Gasteiger partial charge in [0.25, 0.3) is 0 Å². The van der Waals surface area contributed by atoms with Crippen LogP contribution in [0.1, 0.15) is 33.1 Å². The Kier molecular flexibility index (Phi) is 1.71. The molecule has 0 unspecified atom stereocenters. The second-order valence-electron chi connectivity index (χ2n) is 6.23. The number of allylic oxidation sites excluding steroid dienone is 1. The second-order valence-corrected chi connectivity index (χ2v) is 6.23. The van der Waals surface area contributed by atoms with Crippen LogP contribution in [0.15, 0.2) is 11.6 Å². The molecule has 5 atom stereocenters. The van der Waals surface area contributed by atoms with Crippen molar-refractivity contribution < 1.29 is 19.1 Å². The number of rotatable bonds is 0. The molecule has 0 aromatic carbocycles. The van der Waals surface area contributed by atoms with Gasteiger partial charge in [-0.05, 0) is 26.7 Å². The minimum absolute atomic E-state index is 0.0718. The summed E-state index contributed by atoms with van der Waals surface area (Å²) in [5.74, 6) is -0.155. The molecule has 18 heavy (non-hydrogen) atoms. The van der Waals surface area contributed by atoms with E-state index in [0.717, 1.165) is 6.42 Å². The zero-order chi connectivity index (χ0) is 12.7. The summed E-state index contributed by atoms with van der Waals surface area (Å²) < 4.78 is 11.4. The Morgan fingerprint density at radius 2 is 2.17 bits per heavy atom. The largest absolute Gasteiger partial charge is 0.461 e. The van der Waals surface area contributed by atoms with E-state index in [1.165, 1.54) is 5.57 Å². The van der Waals surface area contributed by atoms with E-state index in [0.29, 0.717) is 12.8 Å². The van der Waals surface area contributed by atoms with Gasteiger partial charge in [0.2, 0.25) is 0 Å². The molecule has 2 bridgehead atoms. The molecule has 96 valence electrons. The monoisotopic (exact) mass is 248 g/mol. The first-order valence-corrected chi connectivity index (χ1v) is 6.58. The van der Waals surface area contributed by atoms with E-state index in [1.54, 1.807) is 0 Å². The van der Waals surface area contributed by atoms with Crippen molar-refractivity contribution in [1.82, 2.24) is 0 Å². The Bertz CT molecular complexity index is 508. The first-order valence-electron chi connectivity index (χ1n) is 6.58. The number of hydrogen-bond donors (Lipinski definition) is 0. The van der Waals surface area contributed by atoms with E-state index in [9.17, 15) is 9.59 Å². The lowest BCUT2D eigenvalue weighted by atomic mass is 9.55. The van der Waals surface area contributed by atoms with Gasteiger partial charge in [0.1, 0.15) is 17.6 Å². The number of Topliss-reactive ketones (excluding diaryl/α,β-unsaturated/α-hetero) is 1. The van der Waals surface area contributed by atoms with Crippen LogP contribution in [0, 0.1) is 10.8 Å². The van der Waals surface area contributed by atoms with Crippen molar-refractivity contribution in [1.29, 1.82) is 0 Å². The summed E-state index contributed by atoms with van der Waals surface area (Å²) in [7, 11) is 0. The third-order valence-electron chi connectivity index (χ3n) is 5.56. The molecule has 2 aliphatic carbocycles. The molecule has 0 amide bonds. The normalized spacial score (nSPS) is 53.0. The minimum Gasteiger partial charge on any atom is -0.461 e. The fourth-order valence-electron chi connectivity index (χ4n) is 4.39. The third-order valence-corrected chi connectivity index (χ3v) is 5.56. The van der Waals surface area contributed by atoms with Crippen LogP contribution >= 0.6 is 0 Å². The van der Waals surface area contributed by atoms with Crippen LogP contribution in [-0.2, 0) is 19.1 Å². The van der Waals surface area contributed by atoms with Crippen molar-refractivity contribution in [3.8, 4) is 0 Å². The number of hydrogen-bond acceptors (Lipinski definition) is 4. The SMILES string of the molecule is CC1=C[C@H]2O[C@@H]3C[C@@H]4OC(=O)[C@@]2(CC1)[C@]4(C)C3=O. The van der Waals surface area contributed by atoms with E-state index >= 15 is 0 Å². The maximum Gasteiger partial charge on any atom is 0.316 e. The highest BCUT2D eigenvalue weighted by Crippen LogP contribution is 2.65. The fourth-order valence-corrected chi connectivity index (χ4v) is 4.39. The van der Waals surface area contributed by atoms with Crippen LogP contribution in [-0.4, -0.2) is 30.1 Å². The van der Waals surface area contributed by atoms with Crippen LogP contribution in [0.4, 0.5) is 0 Å². The van der Waals surface area contributed by atoms with Gasteiger partial charge in [-0.15, -0.1) is 0 Å². The van der Waals surface area contributed by atoms with E-state index < -0.39 is 10.8 Å². The van der Waals surface area contributed by atoms with Crippen LogP contribution in [0.5, 0.6) is 0 Å². The van der Waals surface area contributed by atoms with Gasteiger partial charge < -0.3 is 9.47 Å². The summed E-state index contributed by atoms with van der Waals surface area (Å²) in [6.45, 7) is 3.96. The van der Waals surface area contributed by atoms with E-state index in [2.05, 4.69) is 6.92 Å². The first-order chi connectivity index (χ1) is 8.50. The molecule has 0 aromatic heterocycles. The predicted molar refractivity (Wildman–Crippen MR) is 61.7 cm³/mol. The highest BCUT2D eigenvalue weighted by Gasteiger charge is 2.78. The Hall–Kier alpha value is -1.16. The zero-order valence-corrected chi connectivity index (χ0v) is 10.6. The smallest absolute Gasteiger partial charge is 0.316 e. The summed E-state index contributed by atoms with van der Waals surface area (Å²) in [4.78, 5) is 24.8.